The minimum absolute atomic E-state index is 0.00664. The molecule has 0 aliphatic rings. The number of sulfone groups is 1. The number of hydrogen-bond acceptors (Lipinski definition) is 2. The normalized spacial score (nSPS) is 11.8. The van der Waals surface area contributed by atoms with Gasteiger partial charge in [-0.15, -0.1) is 0 Å². The van der Waals surface area contributed by atoms with Crippen LogP contribution in [0.4, 0.5) is 0 Å². The van der Waals surface area contributed by atoms with Gasteiger partial charge in [-0.1, -0.05) is 60.7 Å². The molecule has 4 aromatic rings. The van der Waals surface area contributed by atoms with Crippen LogP contribution in [0.5, 0.6) is 0 Å². The van der Waals surface area contributed by atoms with E-state index in [0.29, 0.717) is 4.90 Å². The molecule has 0 unspecified atom stereocenters. The highest BCUT2D eigenvalue weighted by Gasteiger charge is 2.16. The second-order valence-corrected chi connectivity index (χ2v) is 7.90. The Labute approximate surface area is 141 Å². The lowest BCUT2D eigenvalue weighted by Gasteiger charge is -2.09. The van der Waals surface area contributed by atoms with Gasteiger partial charge in [0.15, 0.2) is 9.84 Å². The predicted octanol–water partition coefficient (Wildman–Crippen LogP) is 4.97. The van der Waals surface area contributed by atoms with Crippen LogP contribution in [0.1, 0.15) is 5.56 Å². The van der Waals surface area contributed by atoms with Gasteiger partial charge in [0, 0.05) is 0 Å². The molecule has 0 atom stereocenters. The van der Waals surface area contributed by atoms with E-state index in [9.17, 15) is 8.42 Å². The van der Waals surface area contributed by atoms with Crippen LogP contribution in [0, 0.1) is 0 Å². The Balaban J connectivity index is 1.86. The fourth-order valence-corrected chi connectivity index (χ4v) is 4.47. The Morgan fingerprint density at radius 2 is 1.25 bits per heavy atom. The van der Waals surface area contributed by atoms with Gasteiger partial charge in [-0.05, 0) is 51.4 Å². The molecule has 0 N–H and O–H groups in total. The fraction of sp³-hybridized carbons (Fsp3) is 0.0476. The number of rotatable bonds is 3. The first-order valence-electron chi connectivity index (χ1n) is 7.82. The van der Waals surface area contributed by atoms with Crippen molar-refractivity contribution in [2.45, 2.75) is 10.6 Å². The van der Waals surface area contributed by atoms with Gasteiger partial charge in [0.1, 0.15) is 0 Å². The van der Waals surface area contributed by atoms with Crippen molar-refractivity contribution in [1.29, 1.82) is 0 Å². The lowest BCUT2D eigenvalue weighted by atomic mass is 10.0. The number of benzene rings is 4. The Kier molecular flexibility index (Phi) is 3.58. The SMILES string of the molecule is O=S(=O)(Cc1cccc2cc3ccccc3cc12)c1ccccc1. The third kappa shape index (κ3) is 2.68. The molecule has 0 saturated carbocycles. The molecule has 0 spiro atoms. The summed E-state index contributed by atoms with van der Waals surface area (Å²) in [4.78, 5) is 0.364. The summed E-state index contributed by atoms with van der Waals surface area (Å²) in [5.41, 5.74) is 0.835. The zero-order valence-electron chi connectivity index (χ0n) is 13.0. The summed E-state index contributed by atoms with van der Waals surface area (Å²) in [6.07, 6.45) is 0. The predicted molar refractivity (Wildman–Crippen MR) is 98.8 cm³/mol. The average molecular weight is 332 g/mol. The monoisotopic (exact) mass is 332 g/mol. The summed E-state index contributed by atoms with van der Waals surface area (Å²) < 4.78 is 25.4. The quantitative estimate of drug-likeness (QED) is 0.497. The van der Waals surface area contributed by atoms with Crippen LogP contribution in [0.2, 0.25) is 0 Å². The van der Waals surface area contributed by atoms with Crippen molar-refractivity contribution in [1.82, 2.24) is 0 Å². The van der Waals surface area contributed by atoms with Crippen molar-refractivity contribution in [2.24, 2.45) is 0 Å². The van der Waals surface area contributed by atoms with Crippen molar-refractivity contribution >= 4 is 31.4 Å². The van der Waals surface area contributed by atoms with Crippen molar-refractivity contribution in [2.75, 3.05) is 0 Å². The topological polar surface area (TPSA) is 34.1 Å². The highest BCUT2D eigenvalue weighted by Crippen LogP contribution is 2.27. The van der Waals surface area contributed by atoms with Crippen LogP contribution in [0.25, 0.3) is 21.5 Å². The molecular formula is C21H16O2S. The van der Waals surface area contributed by atoms with E-state index in [1.807, 2.05) is 36.4 Å². The van der Waals surface area contributed by atoms with E-state index in [2.05, 4.69) is 24.3 Å². The van der Waals surface area contributed by atoms with Crippen LogP contribution in [-0.2, 0) is 15.6 Å². The second kappa shape index (κ2) is 5.77. The Morgan fingerprint density at radius 3 is 2.00 bits per heavy atom. The van der Waals surface area contributed by atoms with E-state index in [0.717, 1.165) is 27.1 Å². The first-order chi connectivity index (χ1) is 11.6. The summed E-state index contributed by atoms with van der Waals surface area (Å²) >= 11 is 0. The second-order valence-electron chi connectivity index (χ2n) is 5.91. The van der Waals surface area contributed by atoms with Crippen molar-refractivity contribution in [3.8, 4) is 0 Å². The number of fused-ring (bicyclic) bond motifs is 2. The van der Waals surface area contributed by atoms with Crippen LogP contribution >= 0.6 is 0 Å². The molecule has 0 aliphatic carbocycles. The van der Waals surface area contributed by atoms with Crippen molar-refractivity contribution in [3.63, 3.8) is 0 Å². The lowest BCUT2D eigenvalue weighted by Crippen LogP contribution is -2.05. The highest BCUT2D eigenvalue weighted by molar-refractivity contribution is 7.90. The first-order valence-corrected chi connectivity index (χ1v) is 9.47. The number of hydrogen-bond donors (Lipinski definition) is 0. The van der Waals surface area contributed by atoms with Gasteiger partial charge in [0.25, 0.3) is 0 Å². The minimum atomic E-state index is -3.36. The molecule has 4 rings (SSSR count). The summed E-state index contributed by atoms with van der Waals surface area (Å²) in [5, 5.41) is 4.34. The molecule has 24 heavy (non-hydrogen) atoms. The van der Waals surface area contributed by atoms with Gasteiger partial charge in [0.2, 0.25) is 0 Å². The summed E-state index contributed by atoms with van der Waals surface area (Å²) in [7, 11) is -3.36. The molecule has 0 heterocycles. The standard InChI is InChI=1S/C21H16O2S/c22-24(23,20-11-2-1-3-12-20)15-19-10-6-9-18-13-16-7-4-5-8-17(16)14-21(18)19/h1-14H,15H2. The highest BCUT2D eigenvalue weighted by atomic mass is 32.2. The van der Waals surface area contributed by atoms with E-state index in [1.165, 1.54) is 0 Å². The largest absolute Gasteiger partial charge is 0.223 e. The van der Waals surface area contributed by atoms with Gasteiger partial charge in [-0.2, -0.15) is 0 Å². The molecule has 0 bridgehead atoms. The minimum Gasteiger partial charge on any atom is -0.223 e. The molecule has 0 radical (unpaired) electrons. The van der Waals surface area contributed by atoms with Crippen LogP contribution < -0.4 is 0 Å². The van der Waals surface area contributed by atoms with Gasteiger partial charge in [-0.25, -0.2) is 8.42 Å². The van der Waals surface area contributed by atoms with Gasteiger partial charge in [-0.3, -0.25) is 0 Å². The van der Waals surface area contributed by atoms with E-state index >= 15 is 0 Å². The molecule has 0 aliphatic heterocycles. The molecule has 0 amide bonds. The summed E-state index contributed by atoms with van der Waals surface area (Å²) in [5.74, 6) is 0.00664. The molecule has 0 fully saturated rings. The Hall–Kier alpha value is -2.65. The summed E-state index contributed by atoms with van der Waals surface area (Å²) in [6.45, 7) is 0. The maximum atomic E-state index is 12.7. The van der Waals surface area contributed by atoms with E-state index < -0.39 is 9.84 Å². The average Bonchev–Trinajstić information content (AvgIpc) is 2.61. The maximum Gasteiger partial charge on any atom is 0.182 e. The van der Waals surface area contributed by atoms with Crippen molar-refractivity contribution in [3.05, 3.63) is 90.5 Å². The third-order valence-corrected chi connectivity index (χ3v) is 5.97. The van der Waals surface area contributed by atoms with E-state index in [1.54, 1.807) is 24.3 Å². The molecule has 2 nitrogen and oxygen atoms in total. The zero-order chi connectivity index (χ0) is 16.6. The van der Waals surface area contributed by atoms with Gasteiger partial charge < -0.3 is 0 Å². The fourth-order valence-electron chi connectivity index (χ4n) is 3.07. The van der Waals surface area contributed by atoms with E-state index in [-0.39, 0.29) is 5.75 Å². The van der Waals surface area contributed by atoms with Crippen LogP contribution in [0.3, 0.4) is 0 Å². The van der Waals surface area contributed by atoms with Crippen LogP contribution in [-0.4, -0.2) is 8.42 Å². The molecule has 0 saturated heterocycles. The molecule has 3 heteroatoms. The van der Waals surface area contributed by atoms with E-state index in [4.69, 9.17) is 0 Å². The summed E-state index contributed by atoms with van der Waals surface area (Å²) in [6, 6.07) is 26.8. The third-order valence-electron chi connectivity index (χ3n) is 4.28. The molecule has 4 aromatic carbocycles. The molecule has 118 valence electrons. The molecular weight excluding hydrogens is 316 g/mol. The zero-order valence-corrected chi connectivity index (χ0v) is 13.8. The van der Waals surface area contributed by atoms with Gasteiger partial charge >= 0.3 is 0 Å². The lowest BCUT2D eigenvalue weighted by molar-refractivity contribution is 0.595. The molecule has 0 aromatic heterocycles. The Morgan fingerprint density at radius 1 is 0.625 bits per heavy atom. The smallest absolute Gasteiger partial charge is 0.182 e. The first kappa shape index (κ1) is 14.9. The van der Waals surface area contributed by atoms with Crippen molar-refractivity contribution < 1.29 is 8.42 Å². The van der Waals surface area contributed by atoms with Crippen LogP contribution in [0.15, 0.2) is 89.8 Å². The maximum absolute atomic E-state index is 12.7. The van der Waals surface area contributed by atoms with Gasteiger partial charge in [0.05, 0.1) is 10.6 Å². The Bertz CT molecular complexity index is 1130.